The fourth-order valence-corrected chi connectivity index (χ4v) is 2.55. The molecule has 20 heavy (non-hydrogen) atoms. The standard InChI is InChI=1S/C17H18O.C2H6/c1-4-8-16-14(5-2)12(3)11-13-9-6-7-10-15(13)17(16)18;1-2/h4-10,12H,2,11H2,1,3H3;1-2H3/b8-4-;/t12-;/m1./s1. The van der Waals surface area contributed by atoms with Gasteiger partial charge in [0.15, 0.2) is 5.78 Å². The van der Waals surface area contributed by atoms with Gasteiger partial charge in [-0.1, -0.05) is 69.8 Å². The highest BCUT2D eigenvalue weighted by molar-refractivity contribution is 6.12. The summed E-state index contributed by atoms with van der Waals surface area (Å²) in [6.45, 7) is 11.9. The summed E-state index contributed by atoms with van der Waals surface area (Å²) in [5.41, 5.74) is 3.79. The number of allylic oxidation sites excluding steroid dienone is 5. The monoisotopic (exact) mass is 268 g/mol. The zero-order valence-electron chi connectivity index (χ0n) is 12.9. The number of carbonyl (C=O) groups is 1. The average molecular weight is 268 g/mol. The molecule has 1 heteroatoms. The predicted molar refractivity (Wildman–Crippen MR) is 87.0 cm³/mol. The zero-order chi connectivity index (χ0) is 15.1. The van der Waals surface area contributed by atoms with Gasteiger partial charge in [0, 0.05) is 11.1 Å². The number of hydrogen-bond acceptors (Lipinski definition) is 1. The largest absolute Gasteiger partial charge is 0.289 e. The van der Waals surface area contributed by atoms with Crippen LogP contribution in [0.5, 0.6) is 0 Å². The third-order valence-electron chi connectivity index (χ3n) is 3.43. The van der Waals surface area contributed by atoms with Crippen molar-refractivity contribution in [2.75, 3.05) is 0 Å². The molecule has 0 radical (unpaired) electrons. The molecular weight excluding hydrogens is 244 g/mol. The first kappa shape index (κ1) is 16.2. The van der Waals surface area contributed by atoms with E-state index in [9.17, 15) is 4.79 Å². The van der Waals surface area contributed by atoms with E-state index in [0.717, 1.165) is 28.7 Å². The highest BCUT2D eigenvalue weighted by Gasteiger charge is 2.24. The Kier molecular flexibility index (Phi) is 6.17. The summed E-state index contributed by atoms with van der Waals surface area (Å²) >= 11 is 0. The van der Waals surface area contributed by atoms with Crippen molar-refractivity contribution in [1.82, 2.24) is 0 Å². The van der Waals surface area contributed by atoms with E-state index in [2.05, 4.69) is 13.5 Å². The van der Waals surface area contributed by atoms with Crippen molar-refractivity contribution in [3.05, 3.63) is 71.3 Å². The van der Waals surface area contributed by atoms with E-state index < -0.39 is 0 Å². The summed E-state index contributed by atoms with van der Waals surface area (Å²) in [6, 6.07) is 7.88. The molecule has 1 aliphatic carbocycles. The molecule has 0 amide bonds. The number of carbonyl (C=O) groups excluding carboxylic acids is 1. The van der Waals surface area contributed by atoms with Gasteiger partial charge in [0.1, 0.15) is 0 Å². The van der Waals surface area contributed by atoms with Gasteiger partial charge in [0.05, 0.1) is 0 Å². The molecule has 106 valence electrons. The summed E-state index contributed by atoms with van der Waals surface area (Å²) in [4.78, 5) is 12.6. The third-order valence-corrected chi connectivity index (χ3v) is 3.43. The molecule has 0 bridgehead atoms. The Hall–Kier alpha value is -1.89. The van der Waals surface area contributed by atoms with Crippen LogP contribution in [0, 0.1) is 5.92 Å². The van der Waals surface area contributed by atoms with Crippen LogP contribution in [0.3, 0.4) is 0 Å². The topological polar surface area (TPSA) is 17.1 Å². The Morgan fingerprint density at radius 2 is 1.90 bits per heavy atom. The average Bonchev–Trinajstić information content (AvgIpc) is 2.58. The number of fused-ring (bicyclic) bond motifs is 1. The molecular formula is C19H24O. The van der Waals surface area contributed by atoms with Crippen LogP contribution in [0.25, 0.3) is 0 Å². The number of ketones is 1. The Labute approximate surface area is 122 Å². The van der Waals surface area contributed by atoms with Gasteiger partial charge in [0.25, 0.3) is 0 Å². The number of Topliss-reactive ketones (excluding diaryl/α,β-unsaturated/α-hetero) is 1. The summed E-state index contributed by atoms with van der Waals surface area (Å²) in [5, 5.41) is 0. The number of hydrogen-bond donors (Lipinski definition) is 0. The summed E-state index contributed by atoms with van der Waals surface area (Å²) in [6.07, 6.45) is 6.53. The van der Waals surface area contributed by atoms with Gasteiger partial charge in [-0.25, -0.2) is 0 Å². The normalized spacial score (nSPS) is 18.2. The van der Waals surface area contributed by atoms with E-state index in [-0.39, 0.29) is 5.78 Å². The van der Waals surface area contributed by atoms with Crippen molar-refractivity contribution in [3.8, 4) is 0 Å². The van der Waals surface area contributed by atoms with Gasteiger partial charge in [-0.15, -0.1) is 0 Å². The van der Waals surface area contributed by atoms with Crippen LogP contribution in [-0.2, 0) is 6.42 Å². The molecule has 0 fully saturated rings. The van der Waals surface area contributed by atoms with Gasteiger partial charge in [-0.2, -0.15) is 0 Å². The molecule has 0 aromatic heterocycles. The van der Waals surface area contributed by atoms with E-state index in [4.69, 9.17) is 0 Å². The predicted octanol–water partition coefficient (Wildman–Crippen LogP) is 5.15. The molecule has 1 aromatic carbocycles. The molecule has 0 heterocycles. The second kappa shape index (κ2) is 7.64. The van der Waals surface area contributed by atoms with E-state index >= 15 is 0 Å². The first-order valence-electron chi connectivity index (χ1n) is 7.31. The SMILES string of the molecule is C=CC1=C(/C=C\C)C(=O)c2ccccc2C[C@H]1C.CC. The third kappa shape index (κ3) is 3.16. The van der Waals surface area contributed by atoms with Gasteiger partial charge in [0.2, 0.25) is 0 Å². The molecule has 0 unspecified atom stereocenters. The molecule has 1 nitrogen and oxygen atoms in total. The van der Waals surface area contributed by atoms with E-state index in [1.807, 2.05) is 63.3 Å². The second-order valence-corrected chi connectivity index (χ2v) is 4.66. The Morgan fingerprint density at radius 1 is 1.25 bits per heavy atom. The summed E-state index contributed by atoms with van der Waals surface area (Å²) < 4.78 is 0. The van der Waals surface area contributed by atoms with Gasteiger partial charge in [-0.05, 0) is 30.4 Å². The minimum absolute atomic E-state index is 0.114. The van der Waals surface area contributed by atoms with Crippen LogP contribution in [0.15, 0.2) is 60.2 Å². The Morgan fingerprint density at radius 3 is 2.50 bits per heavy atom. The van der Waals surface area contributed by atoms with Crippen LogP contribution < -0.4 is 0 Å². The maximum absolute atomic E-state index is 12.6. The van der Waals surface area contributed by atoms with Crippen molar-refractivity contribution < 1.29 is 4.79 Å². The second-order valence-electron chi connectivity index (χ2n) is 4.66. The zero-order valence-corrected chi connectivity index (χ0v) is 12.9. The lowest BCUT2D eigenvalue weighted by Gasteiger charge is -2.11. The molecule has 0 saturated heterocycles. The highest BCUT2D eigenvalue weighted by atomic mass is 16.1. The first-order chi connectivity index (χ1) is 9.69. The number of benzene rings is 1. The lowest BCUT2D eigenvalue weighted by atomic mass is 9.92. The minimum atomic E-state index is 0.114. The van der Waals surface area contributed by atoms with E-state index in [1.165, 1.54) is 0 Å². The van der Waals surface area contributed by atoms with E-state index in [0.29, 0.717) is 5.92 Å². The molecule has 2 rings (SSSR count). The smallest absolute Gasteiger partial charge is 0.193 e. The van der Waals surface area contributed by atoms with Gasteiger partial charge < -0.3 is 0 Å². The van der Waals surface area contributed by atoms with Crippen LogP contribution in [-0.4, -0.2) is 5.78 Å². The summed E-state index contributed by atoms with van der Waals surface area (Å²) in [7, 11) is 0. The number of rotatable bonds is 2. The molecule has 1 aliphatic rings. The Bertz CT molecular complexity index is 547. The van der Waals surface area contributed by atoms with Crippen molar-refractivity contribution in [1.29, 1.82) is 0 Å². The molecule has 0 aliphatic heterocycles. The minimum Gasteiger partial charge on any atom is -0.289 e. The van der Waals surface area contributed by atoms with Crippen LogP contribution >= 0.6 is 0 Å². The maximum atomic E-state index is 12.6. The lowest BCUT2D eigenvalue weighted by molar-refractivity contribution is 0.103. The van der Waals surface area contributed by atoms with Gasteiger partial charge in [-0.3, -0.25) is 4.79 Å². The molecule has 0 saturated carbocycles. The van der Waals surface area contributed by atoms with Gasteiger partial charge >= 0.3 is 0 Å². The molecule has 1 atom stereocenters. The fraction of sp³-hybridized carbons (Fsp3) is 0.316. The Balaban J connectivity index is 0.000000956. The van der Waals surface area contributed by atoms with Crippen molar-refractivity contribution in [2.24, 2.45) is 5.92 Å². The summed E-state index contributed by atoms with van der Waals surface area (Å²) in [5.74, 6) is 0.434. The molecule has 1 aromatic rings. The van der Waals surface area contributed by atoms with Crippen LogP contribution in [0.4, 0.5) is 0 Å². The highest BCUT2D eigenvalue weighted by Crippen LogP contribution is 2.30. The van der Waals surface area contributed by atoms with Crippen molar-refractivity contribution in [3.63, 3.8) is 0 Å². The molecule has 0 spiro atoms. The molecule has 0 N–H and O–H groups in total. The maximum Gasteiger partial charge on any atom is 0.193 e. The fourth-order valence-electron chi connectivity index (χ4n) is 2.55. The van der Waals surface area contributed by atoms with E-state index in [1.54, 1.807) is 0 Å². The lowest BCUT2D eigenvalue weighted by Crippen LogP contribution is -2.04. The first-order valence-corrected chi connectivity index (χ1v) is 7.31. The van der Waals surface area contributed by atoms with Crippen molar-refractivity contribution in [2.45, 2.75) is 34.1 Å². The van der Waals surface area contributed by atoms with Crippen molar-refractivity contribution >= 4 is 5.78 Å². The van der Waals surface area contributed by atoms with Crippen LogP contribution in [0.2, 0.25) is 0 Å². The quantitative estimate of drug-likeness (QED) is 0.725. The van der Waals surface area contributed by atoms with Crippen LogP contribution in [0.1, 0.15) is 43.6 Å².